The van der Waals surface area contributed by atoms with Crippen LogP contribution >= 0.6 is 11.6 Å². The molecule has 0 bridgehead atoms. The summed E-state index contributed by atoms with van der Waals surface area (Å²) in [6.45, 7) is 3.19. The molecule has 2 N–H and O–H groups in total. The van der Waals surface area contributed by atoms with Crippen molar-refractivity contribution in [3.05, 3.63) is 58.5 Å². The lowest BCUT2D eigenvalue weighted by atomic mass is 9.99. The van der Waals surface area contributed by atoms with Gasteiger partial charge in [0.1, 0.15) is 11.5 Å². The van der Waals surface area contributed by atoms with Crippen molar-refractivity contribution in [1.82, 2.24) is 10.2 Å². The summed E-state index contributed by atoms with van der Waals surface area (Å²) in [7, 11) is 0. The van der Waals surface area contributed by atoms with E-state index in [0.29, 0.717) is 22.1 Å². The molecule has 1 aromatic carbocycles. The number of nitrogens with zero attached hydrogens (tertiary/aromatic N) is 1. The molecule has 1 aliphatic rings. The molecule has 2 aromatic rings. The summed E-state index contributed by atoms with van der Waals surface area (Å²) in [5.41, 5.74) is -0.701. The van der Waals surface area contributed by atoms with Crippen LogP contribution in [0.15, 0.2) is 40.8 Å². The Hall–Kier alpha value is -2.31. The van der Waals surface area contributed by atoms with Crippen LogP contribution in [-0.2, 0) is 10.3 Å². The van der Waals surface area contributed by atoms with Gasteiger partial charge in [-0.2, -0.15) is 0 Å². The molecule has 0 spiro atoms. The minimum atomic E-state index is -1.27. The molecule has 24 heavy (non-hydrogen) atoms. The van der Waals surface area contributed by atoms with Gasteiger partial charge in [-0.1, -0.05) is 23.7 Å². The van der Waals surface area contributed by atoms with E-state index in [1.807, 2.05) is 0 Å². The van der Waals surface area contributed by atoms with E-state index in [9.17, 15) is 14.7 Å². The number of hydrogen-bond donors (Lipinski definition) is 2. The number of nitrogens with one attached hydrogen (secondary N) is 1. The maximum Gasteiger partial charge on any atom is 0.325 e. The SMILES string of the molecule is Cc1ccc(C2(C)NC(=O)N(CC(O)c3ccc(Cl)cc3)C2=O)o1. The summed E-state index contributed by atoms with van der Waals surface area (Å²) in [5.74, 6) is 0.546. The lowest BCUT2D eigenvalue weighted by Gasteiger charge is -2.21. The quantitative estimate of drug-likeness (QED) is 0.832. The van der Waals surface area contributed by atoms with E-state index < -0.39 is 23.6 Å². The first-order valence-electron chi connectivity index (χ1n) is 7.46. The van der Waals surface area contributed by atoms with Gasteiger partial charge in [0.15, 0.2) is 5.54 Å². The summed E-state index contributed by atoms with van der Waals surface area (Å²) in [4.78, 5) is 25.9. The number of aliphatic hydroxyl groups is 1. The second-order valence-corrected chi connectivity index (χ2v) is 6.38. The summed E-state index contributed by atoms with van der Waals surface area (Å²) < 4.78 is 5.50. The third kappa shape index (κ3) is 2.79. The van der Waals surface area contributed by atoms with Crippen molar-refractivity contribution in [2.45, 2.75) is 25.5 Å². The zero-order chi connectivity index (χ0) is 17.5. The molecule has 0 radical (unpaired) electrons. The number of aliphatic hydroxyl groups excluding tert-OH is 1. The van der Waals surface area contributed by atoms with Gasteiger partial charge in [0.05, 0.1) is 12.6 Å². The van der Waals surface area contributed by atoms with Gasteiger partial charge in [0.2, 0.25) is 0 Å². The number of aryl methyl sites for hydroxylation is 1. The highest BCUT2D eigenvalue weighted by molar-refractivity contribution is 6.30. The van der Waals surface area contributed by atoms with Crippen molar-refractivity contribution in [1.29, 1.82) is 0 Å². The number of halogens is 1. The Balaban J connectivity index is 1.80. The van der Waals surface area contributed by atoms with Gasteiger partial charge in [-0.15, -0.1) is 0 Å². The minimum Gasteiger partial charge on any atom is -0.463 e. The molecule has 2 heterocycles. The Bertz CT molecular complexity index is 786. The van der Waals surface area contributed by atoms with Crippen molar-refractivity contribution in [3.8, 4) is 0 Å². The largest absolute Gasteiger partial charge is 0.463 e. The molecule has 0 saturated carbocycles. The van der Waals surface area contributed by atoms with Crippen LogP contribution in [0.2, 0.25) is 5.02 Å². The molecular formula is C17H17ClN2O4. The van der Waals surface area contributed by atoms with Gasteiger partial charge >= 0.3 is 6.03 Å². The van der Waals surface area contributed by atoms with Crippen LogP contribution < -0.4 is 5.32 Å². The Kier molecular flexibility index (Phi) is 4.11. The van der Waals surface area contributed by atoms with E-state index in [0.717, 1.165) is 4.90 Å². The van der Waals surface area contributed by atoms with Gasteiger partial charge in [-0.05, 0) is 43.7 Å². The van der Waals surface area contributed by atoms with E-state index in [1.54, 1.807) is 50.2 Å². The van der Waals surface area contributed by atoms with E-state index in [-0.39, 0.29) is 6.54 Å². The molecule has 0 aliphatic carbocycles. The fourth-order valence-corrected chi connectivity index (χ4v) is 2.82. The molecule has 1 saturated heterocycles. The van der Waals surface area contributed by atoms with E-state index in [2.05, 4.69) is 5.32 Å². The molecule has 3 amide bonds. The number of hydrogen-bond acceptors (Lipinski definition) is 4. The van der Waals surface area contributed by atoms with Crippen molar-refractivity contribution < 1.29 is 19.1 Å². The van der Waals surface area contributed by atoms with E-state index in [1.165, 1.54) is 0 Å². The number of furan rings is 1. The molecule has 1 aromatic heterocycles. The first-order valence-corrected chi connectivity index (χ1v) is 7.83. The number of amides is 3. The van der Waals surface area contributed by atoms with Crippen LogP contribution in [0, 0.1) is 6.92 Å². The third-order valence-corrected chi connectivity index (χ3v) is 4.37. The average molecular weight is 349 g/mol. The molecule has 2 unspecified atom stereocenters. The van der Waals surface area contributed by atoms with Crippen LogP contribution in [0.3, 0.4) is 0 Å². The number of imide groups is 1. The number of carbonyl (C=O) groups excluding carboxylic acids is 2. The lowest BCUT2D eigenvalue weighted by Crippen LogP contribution is -2.41. The van der Waals surface area contributed by atoms with Crippen molar-refractivity contribution in [2.75, 3.05) is 6.54 Å². The van der Waals surface area contributed by atoms with Crippen LogP contribution in [0.5, 0.6) is 0 Å². The minimum absolute atomic E-state index is 0.151. The number of urea groups is 1. The normalized spacial score (nSPS) is 21.9. The monoisotopic (exact) mass is 348 g/mol. The molecule has 3 rings (SSSR count). The highest BCUT2D eigenvalue weighted by atomic mass is 35.5. The molecule has 1 fully saturated rings. The summed E-state index contributed by atoms with van der Waals surface area (Å²) in [5, 5.41) is 13.5. The van der Waals surface area contributed by atoms with Crippen LogP contribution in [-0.4, -0.2) is 28.5 Å². The fourth-order valence-electron chi connectivity index (χ4n) is 2.70. The van der Waals surface area contributed by atoms with Crippen molar-refractivity contribution in [2.24, 2.45) is 0 Å². The molecule has 2 atom stereocenters. The zero-order valence-corrected chi connectivity index (χ0v) is 14.0. The predicted octanol–water partition coefficient (Wildman–Crippen LogP) is 2.74. The van der Waals surface area contributed by atoms with Gasteiger partial charge in [-0.25, -0.2) is 4.79 Å². The number of carbonyl (C=O) groups is 2. The Morgan fingerprint density at radius 3 is 2.50 bits per heavy atom. The van der Waals surface area contributed by atoms with E-state index >= 15 is 0 Å². The van der Waals surface area contributed by atoms with Gasteiger partial charge in [0.25, 0.3) is 5.91 Å². The first-order chi connectivity index (χ1) is 11.3. The van der Waals surface area contributed by atoms with Crippen LogP contribution in [0.4, 0.5) is 4.79 Å². The van der Waals surface area contributed by atoms with Crippen molar-refractivity contribution in [3.63, 3.8) is 0 Å². The smallest absolute Gasteiger partial charge is 0.325 e. The highest BCUT2D eigenvalue weighted by Crippen LogP contribution is 2.31. The molecule has 1 aliphatic heterocycles. The average Bonchev–Trinajstić information content (AvgIpc) is 3.06. The Morgan fingerprint density at radius 2 is 1.92 bits per heavy atom. The van der Waals surface area contributed by atoms with E-state index in [4.69, 9.17) is 16.0 Å². The molecule has 6 nitrogen and oxygen atoms in total. The standard InChI is InChI=1S/C17H17ClN2O4/c1-10-3-8-14(24-10)17(2)15(22)20(16(23)19-17)9-13(21)11-4-6-12(18)7-5-11/h3-8,13,21H,9H2,1-2H3,(H,19,23). The second-order valence-electron chi connectivity index (χ2n) is 5.95. The molecular weight excluding hydrogens is 332 g/mol. The predicted molar refractivity (Wildman–Crippen MR) is 87.5 cm³/mol. The lowest BCUT2D eigenvalue weighted by molar-refractivity contribution is -0.132. The number of β-amino-alcohol motifs (C(OH)–C–C–N with tert-alkyl or cyclic N) is 1. The zero-order valence-electron chi connectivity index (χ0n) is 13.2. The summed E-state index contributed by atoms with van der Waals surface area (Å²) >= 11 is 5.82. The van der Waals surface area contributed by atoms with Gasteiger partial charge in [0, 0.05) is 5.02 Å². The van der Waals surface area contributed by atoms with Gasteiger partial charge in [-0.3, -0.25) is 9.69 Å². The van der Waals surface area contributed by atoms with Gasteiger partial charge < -0.3 is 14.8 Å². The summed E-state index contributed by atoms with van der Waals surface area (Å²) in [6, 6.07) is 9.41. The topological polar surface area (TPSA) is 82.8 Å². The molecule has 126 valence electrons. The summed E-state index contributed by atoms with van der Waals surface area (Å²) in [6.07, 6.45) is -1.00. The van der Waals surface area contributed by atoms with Crippen LogP contribution in [0.1, 0.15) is 30.1 Å². The Labute approximate surface area is 144 Å². The Morgan fingerprint density at radius 1 is 1.25 bits per heavy atom. The number of benzene rings is 1. The van der Waals surface area contributed by atoms with Crippen LogP contribution in [0.25, 0.3) is 0 Å². The maximum atomic E-state index is 12.7. The first kappa shape index (κ1) is 16.5. The third-order valence-electron chi connectivity index (χ3n) is 4.12. The molecule has 7 heteroatoms. The van der Waals surface area contributed by atoms with Crippen molar-refractivity contribution >= 4 is 23.5 Å². The maximum absolute atomic E-state index is 12.7. The second kappa shape index (κ2) is 5.96. The number of rotatable bonds is 4. The fraction of sp³-hybridized carbons (Fsp3) is 0.294. The highest BCUT2D eigenvalue weighted by Gasteiger charge is 2.51.